The highest BCUT2D eigenvalue weighted by molar-refractivity contribution is 7.89. The summed E-state index contributed by atoms with van der Waals surface area (Å²) in [6.45, 7) is 5.37. The molecule has 1 aliphatic rings. The molecule has 5 heteroatoms. The van der Waals surface area contributed by atoms with Crippen LogP contribution < -0.4 is 0 Å². The van der Waals surface area contributed by atoms with Gasteiger partial charge in [0.1, 0.15) is 17.9 Å². The molecule has 4 nitrogen and oxygen atoms in total. The van der Waals surface area contributed by atoms with Crippen LogP contribution in [0.2, 0.25) is 0 Å². The Morgan fingerprint density at radius 2 is 2.25 bits per heavy atom. The molecule has 1 heterocycles. The predicted octanol–water partition coefficient (Wildman–Crippen LogP) is 1.56. The van der Waals surface area contributed by atoms with Crippen LogP contribution in [0.15, 0.2) is 41.3 Å². The highest BCUT2D eigenvalue weighted by Gasteiger charge is 2.37. The molecule has 0 aromatic heterocycles. The van der Waals surface area contributed by atoms with Crippen molar-refractivity contribution in [3.63, 3.8) is 0 Å². The maximum Gasteiger partial charge on any atom is 0.356 e. The number of nitrogens with zero attached hydrogens (tertiary/aromatic N) is 1. The minimum Gasteiger partial charge on any atom is -0.590 e. The lowest BCUT2D eigenvalue weighted by atomic mass is 10.2. The number of carbonyl (C=O) groups excluding carboxylic acids is 1. The quantitative estimate of drug-likeness (QED) is 0.578. The Balaban J connectivity index is 2.13. The lowest BCUT2D eigenvalue weighted by Crippen LogP contribution is -2.28. The number of hydrogen-bond acceptors (Lipinski definition) is 4. The number of hydroxylamine groups is 1. The molecule has 0 saturated carbocycles. The van der Waals surface area contributed by atoms with Crippen LogP contribution in [0.25, 0.3) is 0 Å². The number of carbonyl (C=O) groups is 1. The Morgan fingerprint density at radius 3 is 2.88 bits per heavy atom. The molecule has 0 bridgehead atoms. The van der Waals surface area contributed by atoms with E-state index in [9.17, 15) is 9.35 Å². The molecule has 0 fully saturated rings. The van der Waals surface area contributed by atoms with Gasteiger partial charge in [-0.1, -0.05) is 24.8 Å². The molecule has 1 aromatic carbocycles. The van der Waals surface area contributed by atoms with Crippen LogP contribution in [-0.4, -0.2) is 15.0 Å². The van der Waals surface area contributed by atoms with Crippen LogP contribution in [0.1, 0.15) is 12.5 Å². The smallest absolute Gasteiger partial charge is 0.356 e. The minimum atomic E-state index is -1.42. The van der Waals surface area contributed by atoms with Crippen molar-refractivity contribution in [1.29, 1.82) is 0 Å². The summed E-state index contributed by atoms with van der Waals surface area (Å²) >= 11 is -1.42. The van der Waals surface area contributed by atoms with E-state index in [2.05, 4.69) is 6.58 Å². The van der Waals surface area contributed by atoms with Gasteiger partial charge in [0, 0.05) is 11.1 Å². The lowest BCUT2D eigenvalue weighted by molar-refractivity contribution is -0.164. The summed E-state index contributed by atoms with van der Waals surface area (Å²) in [4.78, 5) is 17.0. The molecular formula is C11H11NO3S. The molecule has 84 valence electrons. The van der Waals surface area contributed by atoms with Gasteiger partial charge in [0.2, 0.25) is 0 Å². The molecule has 1 unspecified atom stereocenters. The largest absolute Gasteiger partial charge is 0.590 e. The second kappa shape index (κ2) is 4.29. The van der Waals surface area contributed by atoms with E-state index >= 15 is 0 Å². The molecule has 0 N–H and O–H groups in total. The van der Waals surface area contributed by atoms with Gasteiger partial charge in [-0.05, 0) is 13.0 Å². The first-order chi connectivity index (χ1) is 7.59. The fourth-order valence-corrected chi connectivity index (χ4v) is 2.51. The third-order valence-electron chi connectivity index (χ3n) is 2.18. The van der Waals surface area contributed by atoms with Crippen molar-refractivity contribution in [2.24, 2.45) is 0 Å². The molecule has 0 amide bonds. The van der Waals surface area contributed by atoms with Gasteiger partial charge in [-0.25, -0.2) is 4.79 Å². The highest BCUT2D eigenvalue weighted by atomic mass is 32.2. The maximum atomic E-state index is 11.9. The van der Waals surface area contributed by atoms with Crippen molar-refractivity contribution in [3.8, 4) is 0 Å². The van der Waals surface area contributed by atoms with Crippen molar-refractivity contribution in [3.05, 3.63) is 42.0 Å². The Hall–Kier alpha value is -1.30. The average Bonchev–Trinajstić information content (AvgIpc) is 2.56. The maximum absolute atomic E-state index is 11.9. The summed E-state index contributed by atoms with van der Waals surface area (Å²) in [7, 11) is 0. The van der Waals surface area contributed by atoms with E-state index in [-0.39, 0.29) is 5.57 Å². The molecule has 0 aliphatic carbocycles. The zero-order valence-corrected chi connectivity index (χ0v) is 9.62. The first-order valence-corrected chi connectivity index (χ1v) is 5.85. The summed E-state index contributed by atoms with van der Waals surface area (Å²) in [5.41, 5.74) is 1.20. The van der Waals surface area contributed by atoms with Gasteiger partial charge in [0.05, 0.1) is 4.47 Å². The molecular weight excluding hydrogens is 226 g/mol. The molecule has 0 spiro atoms. The SMILES string of the molecule is C=C(C)C(=O)ON1Cc2ccccc2[S+]1[O-]. The van der Waals surface area contributed by atoms with Gasteiger partial charge in [-0.3, -0.25) is 0 Å². The van der Waals surface area contributed by atoms with Gasteiger partial charge in [-0.15, -0.1) is 0 Å². The van der Waals surface area contributed by atoms with E-state index in [1.54, 1.807) is 19.1 Å². The van der Waals surface area contributed by atoms with E-state index in [1.165, 1.54) is 4.47 Å². The van der Waals surface area contributed by atoms with Crippen LogP contribution in [0.5, 0.6) is 0 Å². The van der Waals surface area contributed by atoms with Crippen LogP contribution in [-0.2, 0) is 27.5 Å². The fourth-order valence-electron chi connectivity index (χ4n) is 1.35. The van der Waals surface area contributed by atoms with Gasteiger partial charge in [0.25, 0.3) is 0 Å². The van der Waals surface area contributed by atoms with E-state index in [0.29, 0.717) is 11.4 Å². The van der Waals surface area contributed by atoms with E-state index in [0.717, 1.165) is 5.56 Å². The van der Waals surface area contributed by atoms with E-state index in [4.69, 9.17) is 4.84 Å². The molecule has 0 radical (unpaired) electrons. The third-order valence-corrected chi connectivity index (χ3v) is 3.53. The Morgan fingerprint density at radius 1 is 1.56 bits per heavy atom. The first kappa shape index (κ1) is 11.2. The van der Waals surface area contributed by atoms with E-state index in [1.807, 2.05) is 12.1 Å². The molecule has 2 rings (SSSR count). The molecule has 1 atom stereocenters. The van der Waals surface area contributed by atoms with E-state index < -0.39 is 17.3 Å². The summed E-state index contributed by atoms with van der Waals surface area (Å²) < 4.78 is 13.1. The molecule has 1 aromatic rings. The predicted molar refractivity (Wildman–Crippen MR) is 59.3 cm³/mol. The fraction of sp³-hybridized carbons (Fsp3) is 0.182. The monoisotopic (exact) mass is 237 g/mol. The van der Waals surface area contributed by atoms with Gasteiger partial charge in [0.15, 0.2) is 4.90 Å². The first-order valence-electron chi connectivity index (χ1n) is 4.74. The number of rotatable bonds is 2. The van der Waals surface area contributed by atoms with Gasteiger partial charge in [-0.2, -0.15) is 0 Å². The van der Waals surface area contributed by atoms with Crippen molar-refractivity contribution < 1.29 is 14.2 Å². The highest BCUT2D eigenvalue weighted by Crippen LogP contribution is 2.30. The average molecular weight is 237 g/mol. The Bertz CT molecular complexity index is 447. The number of fused-ring (bicyclic) bond motifs is 1. The normalized spacial score (nSPS) is 19.2. The van der Waals surface area contributed by atoms with Crippen molar-refractivity contribution in [1.82, 2.24) is 4.47 Å². The van der Waals surface area contributed by atoms with Crippen molar-refractivity contribution in [2.75, 3.05) is 0 Å². The van der Waals surface area contributed by atoms with Gasteiger partial charge >= 0.3 is 5.97 Å². The summed E-state index contributed by atoms with van der Waals surface area (Å²) in [5.74, 6) is -0.554. The standard InChI is InChI=1S/C11H11NO3S/c1-8(2)11(13)15-12-7-9-5-3-4-6-10(9)16(12)14/h3-6H,1,7H2,2H3. The Kier molecular flexibility index (Phi) is 3.00. The summed E-state index contributed by atoms with van der Waals surface area (Å²) in [6.07, 6.45) is 0. The zero-order valence-electron chi connectivity index (χ0n) is 8.80. The Labute approximate surface area is 96.8 Å². The second-order valence-electron chi connectivity index (χ2n) is 3.51. The zero-order chi connectivity index (χ0) is 11.7. The second-order valence-corrected chi connectivity index (χ2v) is 4.85. The minimum absolute atomic E-state index is 0.285. The summed E-state index contributed by atoms with van der Waals surface area (Å²) in [5, 5.41) is 0. The molecule has 1 aliphatic heterocycles. The molecule has 16 heavy (non-hydrogen) atoms. The van der Waals surface area contributed by atoms with Crippen LogP contribution >= 0.6 is 0 Å². The van der Waals surface area contributed by atoms with Crippen molar-refractivity contribution in [2.45, 2.75) is 18.4 Å². The lowest BCUT2D eigenvalue weighted by Gasteiger charge is -2.14. The number of hydrogen-bond donors (Lipinski definition) is 0. The van der Waals surface area contributed by atoms with Crippen LogP contribution in [0.4, 0.5) is 0 Å². The van der Waals surface area contributed by atoms with Crippen molar-refractivity contribution >= 4 is 17.3 Å². The topological polar surface area (TPSA) is 52.6 Å². The van der Waals surface area contributed by atoms with Crippen LogP contribution in [0.3, 0.4) is 0 Å². The van der Waals surface area contributed by atoms with Gasteiger partial charge < -0.3 is 9.39 Å². The third kappa shape index (κ3) is 1.97. The molecule has 0 saturated heterocycles. The number of benzene rings is 1. The summed E-state index contributed by atoms with van der Waals surface area (Å²) in [6, 6.07) is 7.29. The van der Waals surface area contributed by atoms with Crippen LogP contribution in [0, 0.1) is 0 Å².